The highest BCUT2D eigenvalue weighted by Crippen LogP contribution is 2.30. The Kier molecular flexibility index (Phi) is 3.27. The Morgan fingerprint density at radius 2 is 1.74 bits per heavy atom. The third-order valence-electron chi connectivity index (χ3n) is 4.33. The van der Waals surface area contributed by atoms with Crippen LogP contribution in [0.25, 0.3) is 0 Å². The summed E-state index contributed by atoms with van der Waals surface area (Å²) in [5.41, 5.74) is 1.14. The quantitative estimate of drug-likeness (QED) is 0.902. The minimum Gasteiger partial charge on any atom is -0.371 e. The van der Waals surface area contributed by atoms with Gasteiger partial charge in [-0.1, -0.05) is 6.92 Å². The molecule has 4 nitrogen and oxygen atoms in total. The van der Waals surface area contributed by atoms with Crippen LogP contribution in [0.2, 0.25) is 0 Å². The molecule has 2 aliphatic heterocycles. The lowest BCUT2D eigenvalue weighted by atomic mass is 10.0. The zero-order valence-corrected chi connectivity index (χ0v) is 12.0. The number of rotatable bonds is 3. The third-order valence-corrected chi connectivity index (χ3v) is 6.08. The van der Waals surface area contributed by atoms with Crippen molar-refractivity contribution in [3.8, 4) is 0 Å². The largest absolute Gasteiger partial charge is 0.371 e. The molecule has 104 valence electrons. The Bertz CT molecular complexity index is 541. The minimum atomic E-state index is -3.08. The maximum Gasteiger partial charge on any atom is 0.178 e. The number of nitrogens with zero attached hydrogens (tertiary/aromatic N) is 1. The molecule has 0 radical (unpaired) electrons. The lowest BCUT2D eigenvalue weighted by Crippen LogP contribution is -2.25. The second-order valence-corrected chi connectivity index (χ2v) is 7.76. The molecule has 19 heavy (non-hydrogen) atoms. The molecule has 0 amide bonds. The van der Waals surface area contributed by atoms with E-state index in [9.17, 15) is 8.42 Å². The molecule has 1 aromatic carbocycles. The van der Waals surface area contributed by atoms with Gasteiger partial charge in [-0.15, -0.1) is 0 Å². The van der Waals surface area contributed by atoms with E-state index >= 15 is 0 Å². The smallest absolute Gasteiger partial charge is 0.178 e. The van der Waals surface area contributed by atoms with Crippen molar-refractivity contribution in [3.63, 3.8) is 0 Å². The van der Waals surface area contributed by atoms with Crippen LogP contribution in [0.4, 0.5) is 5.69 Å². The van der Waals surface area contributed by atoms with Crippen LogP contribution in [0, 0.1) is 11.8 Å². The summed E-state index contributed by atoms with van der Waals surface area (Å²) in [5.74, 6) is 1.66. The van der Waals surface area contributed by atoms with Crippen molar-refractivity contribution < 1.29 is 8.42 Å². The fourth-order valence-corrected chi connectivity index (χ4v) is 3.98. The fourth-order valence-electron chi connectivity index (χ4n) is 3.10. The first-order valence-corrected chi connectivity index (χ1v) is 8.54. The van der Waals surface area contributed by atoms with Gasteiger partial charge in [0, 0.05) is 31.9 Å². The molecule has 0 aliphatic carbocycles. The van der Waals surface area contributed by atoms with Gasteiger partial charge in [0.15, 0.2) is 9.84 Å². The monoisotopic (exact) mass is 280 g/mol. The van der Waals surface area contributed by atoms with E-state index in [0.29, 0.717) is 4.90 Å². The Hall–Kier alpha value is -1.07. The summed E-state index contributed by atoms with van der Waals surface area (Å²) in [6.07, 6.45) is 0. The third kappa shape index (κ3) is 2.37. The SMILES string of the molecule is CCS(=O)(=O)c1ccc(N2CC3CNCC3C2)cc1. The Morgan fingerprint density at radius 1 is 1.16 bits per heavy atom. The van der Waals surface area contributed by atoms with E-state index in [1.807, 2.05) is 12.1 Å². The molecular weight excluding hydrogens is 260 g/mol. The van der Waals surface area contributed by atoms with Crippen LogP contribution >= 0.6 is 0 Å². The van der Waals surface area contributed by atoms with E-state index in [2.05, 4.69) is 10.2 Å². The average molecular weight is 280 g/mol. The van der Waals surface area contributed by atoms with Crippen LogP contribution in [0.3, 0.4) is 0 Å². The lowest BCUT2D eigenvalue weighted by Gasteiger charge is -2.20. The van der Waals surface area contributed by atoms with E-state index in [1.54, 1.807) is 19.1 Å². The first-order valence-electron chi connectivity index (χ1n) is 6.88. The number of fused-ring (bicyclic) bond motifs is 1. The molecule has 5 heteroatoms. The molecule has 0 saturated carbocycles. The van der Waals surface area contributed by atoms with Gasteiger partial charge in [-0.3, -0.25) is 0 Å². The Morgan fingerprint density at radius 3 is 2.26 bits per heavy atom. The molecule has 2 unspecified atom stereocenters. The van der Waals surface area contributed by atoms with E-state index in [1.165, 1.54) is 0 Å². The molecule has 0 aromatic heterocycles. The summed E-state index contributed by atoms with van der Waals surface area (Å²) < 4.78 is 23.5. The molecule has 2 saturated heterocycles. The number of anilines is 1. The van der Waals surface area contributed by atoms with Crippen LogP contribution in [-0.2, 0) is 9.84 Å². The van der Waals surface area contributed by atoms with Crippen LogP contribution < -0.4 is 10.2 Å². The molecule has 2 atom stereocenters. The fraction of sp³-hybridized carbons (Fsp3) is 0.571. The maximum atomic E-state index is 11.8. The highest BCUT2D eigenvalue weighted by Gasteiger charge is 2.36. The number of benzene rings is 1. The van der Waals surface area contributed by atoms with E-state index in [0.717, 1.165) is 43.7 Å². The Balaban J connectivity index is 1.77. The molecule has 3 rings (SSSR count). The summed E-state index contributed by atoms with van der Waals surface area (Å²) in [5, 5.41) is 3.43. The summed E-state index contributed by atoms with van der Waals surface area (Å²) >= 11 is 0. The first kappa shape index (κ1) is 12.9. The normalized spacial score (nSPS) is 26.7. The van der Waals surface area contributed by atoms with Crippen LogP contribution in [0.15, 0.2) is 29.2 Å². The zero-order valence-electron chi connectivity index (χ0n) is 11.2. The molecule has 0 bridgehead atoms. The van der Waals surface area contributed by atoms with Crippen molar-refractivity contribution in [3.05, 3.63) is 24.3 Å². The first-order chi connectivity index (χ1) is 9.10. The van der Waals surface area contributed by atoms with Crippen molar-refractivity contribution in [1.29, 1.82) is 0 Å². The van der Waals surface area contributed by atoms with E-state index in [-0.39, 0.29) is 5.75 Å². The predicted molar refractivity (Wildman–Crippen MR) is 76.2 cm³/mol. The summed E-state index contributed by atoms with van der Waals surface area (Å²) in [6.45, 7) is 6.07. The number of sulfone groups is 1. The van der Waals surface area contributed by atoms with Gasteiger partial charge in [0.2, 0.25) is 0 Å². The number of hydrogen-bond acceptors (Lipinski definition) is 4. The summed E-state index contributed by atoms with van der Waals surface area (Å²) in [4.78, 5) is 2.80. The van der Waals surface area contributed by atoms with E-state index < -0.39 is 9.84 Å². The van der Waals surface area contributed by atoms with Crippen LogP contribution in [-0.4, -0.2) is 40.3 Å². The average Bonchev–Trinajstić information content (AvgIpc) is 2.99. The van der Waals surface area contributed by atoms with Crippen molar-refractivity contribution in [2.75, 3.05) is 36.8 Å². The van der Waals surface area contributed by atoms with Gasteiger partial charge in [0.1, 0.15) is 0 Å². The molecular formula is C14H20N2O2S. The summed E-state index contributed by atoms with van der Waals surface area (Å²) in [7, 11) is -3.08. The van der Waals surface area contributed by atoms with Gasteiger partial charge in [0.05, 0.1) is 10.6 Å². The lowest BCUT2D eigenvalue weighted by molar-refractivity contribution is 0.533. The summed E-state index contributed by atoms with van der Waals surface area (Å²) in [6, 6.07) is 7.36. The molecule has 2 fully saturated rings. The van der Waals surface area contributed by atoms with E-state index in [4.69, 9.17) is 0 Å². The number of hydrogen-bond donors (Lipinski definition) is 1. The molecule has 2 heterocycles. The maximum absolute atomic E-state index is 11.8. The number of nitrogens with one attached hydrogen (secondary N) is 1. The zero-order chi connectivity index (χ0) is 13.5. The van der Waals surface area contributed by atoms with Crippen molar-refractivity contribution >= 4 is 15.5 Å². The standard InChI is InChI=1S/C14H20N2O2S/c1-2-19(17,18)14-5-3-13(4-6-14)16-9-11-7-15-8-12(11)10-16/h3-6,11-12,15H,2,7-10H2,1H3. The van der Waals surface area contributed by atoms with Crippen molar-refractivity contribution in [2.24, 2.45) is 11.8 Å². The highest BCUT2D eigenvalue weighted by atomic mass is 32.2. The van der Waals surface area contributed by atoms with Gasteiger partial charge in [-0.2, -0.15) is 0 Å². The van der Waals surface area contributed by atoms with Gasteiger partial charge >= 0.3 is 0 Å². The topological polar surface area (TPSA) is 49.4 Å². The Labute approximate surface area is 114 Å². The molecule has 1 N–H and O–H groups in total. The predicted octanol–water partition coefficient (Wildman–Crippen LogP) is 1.14. The minimum absolute atomic E-state index is 0.159. The highest BCUT2D eigenvalue weighted by molar-refractivity contribution is 7.91. The molecule has 1 aromatic rings. The molecule has 2 aliphatic rings. The second kappa shape index (κ2) is 4.80. The second-order valence-electron chi connectivity index (χ2n) is 5.48. The van der Waals surface area contributed by atoms with Gasteiger partial charge in [-0.05, 0) is 36.1 Å². The van der Waals surface area contributed by atoms with Gasteiger partial charge in [0.25, 0.3) is 0 Å². The van der Waals surface area contributed by atoms with Gasteiger partial charge < -0.3 is 10.2 Å². The van der Waals surface area contributed by atoms with Crippen LogP contribution in [0.1, 0.15) is 6.92 Å². The molecule has 0 spiro atoms. The van der Waals surface area contributed by atoms with Crippen molar-refractivity contribution in [2.45, 2.75) is 11.8 Å². The van der Waals surface area contributed by atoms with Gasteiger partial charge in [-0.25, -0.2) is 8.42 Å². The van der Waals surface area contributed by atoms with Crippen molar-refractivity contribution in [1.82, 2.24) is 5.32 Å². The van der Waals surface area contributed by atoms with Crippen LogP contribution in [0.5, 0.6) is 0 Å².